The van der Waals surface area contributed by atoms with Crippen LogP contribution in [0.25, 0.3) is 0 Å². The molecule has 0 bridgehead atoms. The van der Waals surface area contributed by atoms with Crippen LogP contribution in [0.2, 0.25) is 0 Å². The Kier molecular flexibility index (Phi) is 7.19. The molecule has 19 heavy (non-hydrogen) atoms. The first-order valence-electron chi connectivity index (χ1n) is 6.53. The van der Waals surface area contributed by atoms with E-state index in [-0.39, 0.29) is 11.5 Å². The Hall–Kier alpha value is -0.790. The maximum absolute atomic E-state index is 9.90. The van der Waals surface area contributed by atoms with Gasteiger partial charge in [-0.25, -0.2) is 0 Å². The van der Waals surface area contributed by atoms with Crippen LogP contribution in [0.3, 0.4) is 0 Å². The van der Waals surface area contributed by atoms with Gasteiger partial charge in [0.05, 0.1) is 23.7 Å². The Morgan fingerprint density at radius 2 is 2.32 bits per heavy atom. The van der Waals surface area contributed by atoms with E-state index in [0.717, 1.165) is 0 Å². The molecule has 0 aromatic carbocycles. The molecule has 0 aliphatic carbocycles. The van der Waals surface area contributed by atoms with Crippen LogP contribution in [0.4, 0.5) is 0 Å². The average Bonchev–Trinajstić information content (AvgIpc) is 2.77. The molecule has 0 aromatic heterocycles. The molecule has 1 aliphatic rings. The lowest BCUT2D eigenvalue weighted by Crippen LogP contribution is -2.21. The highest BCUT2D eigenvalue weighted by Gasteiger charge is 2.35. The van der Waals surface area contributed by atoms with Gasteiger partial charge in [-0.3, -0.25) is 0 Å². The Balaban J connectivity index is 2.48. The van der Waals surface area contributed by atoms with E-state index in [9.17, 15) is 10.2 Å². The minimum Gasteiger partial charge on any atom is -0.390 e. The van der Waals surface area contributed by atoms with Crippen molar-refractivity contribution in [3.8, 4) is 12.3 Å². The molecule has 0 radical (unpaired) electrons. The molecular weight excluding hydrogens is 264 g/mol. The minimum atomic E-state index is -0.580. The van der Waals surface area contributed by atoms with Crippen LogP contribution in [-0.2, 0) is 4.74 Å². The molecule has 0 saturated carbocycles. The molecule has 0 spiro atoms. The fourth-order valence-corrected chi connectivity index (χ4v) is 2.18. The molecule has 0 amide bonds. The summed E-state index contributed by atoms with van der Waals surface area (Å²) < 4.78 is 5.70. The average molecular weight is 285 g/mol. The number of aliphatic hydroxyl groups excluding tert-OH is 2. The molecule has 1 rings (SSSR count). The third kappa shape index (κ3) is 5.38. The lowest BCUT2D eigenvalue weighted by molar-refractivity contribution is 0.0380. The zero-order valence-electron chi connectivity index (χ0n) is 11.1. The van der Waals surface area contributed by atoms with E-state index in [1.807, 2.05) is 13.0 Å². The first kappa shape index (κ1) is 16.3. The summed E-state index contributed by atoms with van der Waals surface area (Å²) in [4.78, 5) is 0. The van der Waals surface area contributed by atoms with E-state index in [0.29, 0.717) is 19.3 Å². The fourth-order valence-electron chi connectivity index (χ4n) is 1.92. The lowest BCUT2D eigenvalue weighted by Gasteiger charge is -2.15. The first-order valence-corrected chi connectivity index (χ1v) is 6.97. The number of allylic oxidation sites excluding steroid dienone is 2. The molecule has 2 N–H and O–H groups in total. The van der Waals surface area contributed by atoms with Crippen LogP contribution in [0, 0.1) is 12.3 Å². The Morgan fingerprint density at radius 3 is 2.95 bits per heavy atom. The summed E-state index contributed by atoms with van der Waals surface area (Å²) in [6.45, 7) is 1.89. The lowest BCUT2D eigenvalue weighted by atomic mass is 10.1. The Morgan fingerprint density at radius 1 is 1.58 bits per heavy atom. The molecule has 4 heteroatoms. The van der Waals surface area contributed by atoms with Gasteiger partial charge in [-0.2, -0.15) is 0 Å². The molecule has 1 aliphatic heterocycles. The van der Waals surface area contributed by atoms with Crippen molar-refractivity contribution in [2.75, 3.05) is 0 Å². The van der Waals surface area contributed by atoms with Gasteiger partial charge in [0, 0.05) is 6.42 Å². The van der Waals surface area contributed by atoms with E-state index < -0.39 is 18.3 Å². The largest absolute Gasteiger partial charge is 0.390 e. The summed E-state index contributed by atoms with van der Waals surface area (Å²) in [5.74, 6) is 2.40. The maximum Gasteiger partial charge on any atom is 0.102 e. The highest BCUT2D eigenvalue weighted by atomic mass is 35.5. The summed E-state index contributed by atoms with van der Waals surface area (Å²) in [7, 11) is 0. The quantitative estimate of drug-likeness (QED) is 0.446. The van der Waals surface area contributed by atoms with Crippen molar-refractivity contribution >= 4 is 11.6 Å². The van der Waals surface area contributed by atoms with Crippen molar-refractivity contribution < 1.29 is 14.9 Å². The zero-order valence-corrected chi connectivity index (χ0v) is 11.8. The van der Waals surface area contributed by atoms with Crippen molar-refractivity contribution in [2.24, 2.45) is 0 Å². The summed E-state index contributed by atoms with van der Waals surface area (Å²) in [5.41, 5.74) is 0. The van der Waals surface area contributed by atoms with Gasteiger partial charge in [0.15, 0.2) is 0 Å². The zero-order chi connectivity index (χ0) is 14.3. The molecule has 1 fully saturated rings. The van der Waals surface area contributed by atoms with Crippen LogP contribution >= 0.6 is 11.6 Å². The summed E-state index contributed by atoms with van der Waals surface area (Å²) in [6.07, 6.45) is 12.0. The first-order chi connectivity index (χ1) is 9.08. The van der Waals surface area contributed by atoms with Crippen molar-refractivity contribution in [1.82, 2.24) is 0 Å². The van der Waals surface area contributed by atoms with Gasteiger partial charge < -0.3 is 14.9 Å². The molecule has 0 aromatic rings. The molecular formula is C15H21ClO3. The van der Waals surface area contributed by atoms with Crippen LogP contribution in [0.5, 0.6) is 0 Å². The van der Waals surface area contributed by atoms with Crippen molar-refractivity contribution in [2.45, 2.75) is 56.0 Å². The number of hydrogen-bond donors (Lipinski definition) is 2. The fraction of sp³-hybridized carbons (Fsp3) is 0.600. The molecule has 106 valence electrons. The maximum atomic E-state index is 9.90. The van der Waals surface area contributed by atoms with E-state index >= 15 is 0 Å². The molecule has 0 unspecified atom stereocenters. The topological polar surface area (TPSA) is 49.7 Å². The predicted molar refractivity (Wildman–Crippen MR) is 77.0 cm³/mol. The molecule has 1 heterocycles. The monoisotopic (exact) mass is 284 g/mol. The van der Waals surface area contributed by atoms with E-state index in [2.05, 4.69) is 5.92 Å². The molecule has 5 atom stereocenters. The number of alkyl halides is 1. The van der Waals surface area contributed by atoms with Gasteiger partial charge in [-0.15, -0.1) is 18.0 Å². The normalized spacial score (nSPS) is 30.8. The number of hydrogen-bond acceptors (Lipinski definition) is 3. The Labute approximate surface area is 119 Å². The van der Waals surface area contributed by atoms with Crippen molar-refractivity contribution in [3.05, 3.63) is 24.3 Å². The summed E-state index contributed by atoms with van der Waals surface area (Å²) >= 11 is 6.21. The predicted octanol–water partition coefficient (Wildman–Crippen LogP) is 2.02. The van der Waals surface area contributed by atoms with Gasteiger partial charge in [-0.1, -0.05) is 31.1 Å². The van der Waals surface area contributed by atoms with Crippen LogP contribution in [0.1, 0.15) is 26.2 Å². The highest BCUT2D eigenvalue weighted by Crippen LogP contribution is 2.28. The number of rotatable bonds is 6. The van der Waals surface area contributed by atoms with Gasteiger partial charge in [0.25, 0.3) is 0 Å². The second-order valence-electron chi connectivity index (χ2n) is 4.62. The summed E-state index contributed by atoms with van der Waals surface area (Å²) in [6, 6.07) is 0. The number of aliphatic hydroxyl groups is 2. The SMILES string of the molecule is C#C/C=C\C[C@@H](Cl)[C@@H]1C[C@H](O)[C@@H](/C=C\[C@H](O)CC)O1. The van der Waals surface area contributed by atoms with Gasteiger partial charge in [-0.05, 0) is 18.9 Å². The second-order valence-corrected chi connectivity index (χ2v) is 5.18. The van der Waals surface area contributed by atoms with Crippen molar-refractivity contribution in [1.29, 1.82) is 0 Å². The van der Waals surface area contributed by atoms with E-state index in [1.54, 1.807) is 18.2 Å². The van der Waals surface area contributed by atoms with Gasteiger partial charge in [0.1, 0.15) is 6.10 Å². The smallest absolute Gasteiger partial charge is 0.102 e. The third-order valence-electron chi connectivity index (χ3n) is 3.10. The summed E-state index contributed by atoms with van der Waals surface area (Å²) in [5, 5.41) is 19.1. The highest BCUT2D eigenvalue weighted by molar-refractivity contribution is 6.21. The van der Waals surface area contributed by atoms with Crippen LogP contribution < -0.4 is 0 Å². The molecule has 3 nitrogen and oxygen atoms in total. The number of ether oxygens (including phenoxy) is 1. The third-order valence-corrected chi connectivity index (χ3v) is 3.56. The van der Waals surface area contributed by atoms with Gasteiger partial charge in [0.2, 0.25) is 0 Å². The van der Waals surface area contributed by atoms with Crippen LogP contribution in [0.15, 0.2) is 24.3 Å². The minimum absolute atomic E-state index is 0.201. The number of halogens is 1. The second kappa shape index (κ2) is 8.39. The Bertz CT molecular complexity index is 359. The van der Waals surface area contributed by atoms with Gasteiger partial charge >= 0.3 is 0 Å². The van der Waals surface area contributed by atoms with Crippen molar-refractivity contribution in [3.63, 3.8) is 0 Å². The molecule has 1 saturated heterocycles. The standard InChI is InChI=1S/C15H21ClO3/c1-3-5-6-7-12(16)15-10-13(18)14(19-15)9-8-11(17)4-2/h1,5-6,8-9,11-15,17-18H,4,7,10H2,2H3/b6-5-,9-8-/t11-,12-,13+,14-,15+/m1/s1. The van der Waals surface area contributed by atoms with E-state index in [1.165, 1.54) is 0 Å². The van der Waals surface area contributed by atoms with Crippen LogP contribution in [-0.4, -0.2) is 40.0 Å². The number of terminal acetylenes is 1. The van der Waals surface area contributed by atoms with E-state index in [4.69, 9.17) is 22.8 Å².